The number of hydrogen-bond donors (Lipinski definition) is 1. The Bertz CT molecular complexity index is 613. The molecule has 0 aromatic carbocycles. The van der Waals surface area contributed by atoms with Crippen molar-refractivity contribution in [2.24, 2.45) is 17.3 Å². The van der Waals surface area contributed by atoms with Gasteiger partial charge in [-0.05, 0) is 24.3 Å². The molecule has 1 aromatic heterocycles. The Labute approximate surface area is 139 Å². The number of carboxylic acids is 1. The van der Waals surface area contributed by atoms with Gasteiger partial charge < -0.3 is 10.0 Å². The van der Waals surface area contributed by atoms with Crippen LogP contribution >= 0.6 is 11.3 Å². The van der Waals surface area contributed by atoms with Gasteiger partial charge in [0.05, 0.1) is 0 Å². The molecular formula is C17H22N2O3S. The van der Waals surface area contributed by atoms with Crippen molar-refractivity contribution in [3.05, 3.63) is 22.4 Å². The average Bonchev–Trinajstić information content (AvgIpc) is 3.10. The zero-order chi connectivity index (χ0) is 16.0. The van der Waals surface area contributed by atoms with Crippen molar-refractivity contribution in [2.75, 3.05) is 26.2 Å². The molecule has 1 N–H and O–H groups in total. The molecule has 23 heavy (non-hydrogen) atoms. The van der Waals surface area contributed by atoms with E-state index in [9.17, 15) is 14.7 Å². The molecule has 3 fully saturated rings. The molecule has 4 rings (SSSR count). The van der Waals surface area contributed by atoms with Crippen LogP contribution in [0.15, 0.2) is 17.5 Å². The molecule has 0 bridgehead atoms. The highest BCUT2D eigenvalue weighted by Crippen LogP contribution is 2.44. The predicted octanol–water partition coefficient (Wildman–Crippen LogP) is 1.89. The molecule has 1 amide bonds. The first-order valence-electron chi connectivity index (χ1n) is 8.35. The second kappa shape index (κ2) is 5.60. The van der Waals surface area contributed by atoms with Gasteiger partial charge in [0, 0.05) is 49.4 Å². The van der Waals surface area contributed by atoms with E-state index < -0.39 is 11.4 Å². The molecule has 6 heteroatoms. The highest BCUT2D eigenvalue weighted by molar-refractivity contribution is 7.09. The first-order valence-corrected chi connectivity index (χ1v) is 9.23. The highest BCUT2D eigenvalue weighted by Gasteiger charge is 2.58. The summed E-state index contributed by atoms with van der Waals surface area (Å²) in [4.78, 5) is 29.9. The van der Waals surface area contributed by atoms with Crippen LogP contribution in [0.25, 0.3) is 0 Å². The first-order chi connectivity index (χ1) is 11.1. The van der Waals surface area contributed by atoms with Gasteiger partial charge in [-0.3, -0.25) is 14.5 Å². The van der Waals surface area contributed by atoms with Crippen LogP contribution in [0.3, 0.4) is 0 Å². The summed E-state index contributed by atoms with van der Waals surface area (Å²) < 4.78 is 0. The Morgan fingerprint density at radius 3 is 2.70 bits per heavy atom. The van der Waals surface area contributed by atoms with Crippen LogP contribution in [0, 0.1) is 17.3 Å². The molecule has 5 nitrogen and oxygen atoms in total. The molecule has 3 heterocycles. The Balaban J connectivity index is 1.47. The molecule has 0 spiro atoms. The van der Waals surface area contributed by atoms with Crippen LogP contribution in [-0.4, -0.2) is 53.0 Å². The number of amides is 1. The lowest BCUT2D eigenvalue weighted by Gasteiger charge is -2.31. The summed E-state index contributed by atoms with van der Waals surface area (Å²) in [6.45, 7) is 3.16. The van der Waals surface area contributed by atoms with Gasteiger partial charge in [-0.15, -0.1) is 11.3 Å². The van der Waals surface area contributed by atoms with Gasteiger partial charge in [-0.2, -0.15) is 0 Å². The van der Waals surface area contributed by atoms with E-state index in [1.165, 1.54) is 4.88 Å². The third-order valence-corrected chi connectivity index (χ3v) is 6.69. The lowest BCUT2D eigenvalue weighted by atomic mass is 9.81. The molecule has 1 aromatic rings. The van der Waals surface area contributed by atoms with E-state index in [2.05, 4.69) is 16.3 Å². The van der Waals surface area contributed by atoms with E-state index in [1.807, 2.05) is 11.0 Å². The largest absolute Gasteiger partial charge is 0.481 e. The fraction of sp³-hybridized carbons (Fsp3) is 0.647. The number of carbonyl (C=O) groups excluding carboxylic acids is 1. The number of fused-ring (bicyclic) bond motifs is 1. The van der Waals surface area contributed by atoms with Crippen LogP contribution in [0.1, 0.15) is 24.1 Å². The number of carbonyl (C=O) groups is 2. The SMILES string of the molecule is O=C(C1CCC1)N1C[C@@H]2CN(Cc3cccs3)C[C@]2(C(=O)O)C1. The summed E-state index contributed by atoms with van der Waals surface area (Å²) in [6.07, 6.45) is 3.08. The summed E-state index contributed by atoms with van der Waals surface area (Å²) in [5.74, 6) is -0.331. The molecule has 124 valence electrons. The quantitative estimate of drug-likeness (QED) is 0.913. The number of aliphatic carboxylic acids is 1. The lowest BCUT2D eigenvalue weighted by molar-refractivity contribution is -0.149. The van der Waals surface area contributed by atoms with Gasteiger partial charge >= 0.3 is 5.97 Å². The van der Waals surface area contributed by atoms with Crippen molar-refractivity contribution >= 4 is 23.2 Å². The summed E-state index contributed by atoms with van der Waals surface area (Å²) in [5, 5.41) is 11.9. The minimum absolute atomic E-state index is 0.0592. The minimum Gasteiger partial charge on any atom is -0.481 e. The van der Waals surface area contributed by atoms with Gasteiger partial charge in [0.1, 0.15) is 5.41 Å². The maximum atomic E-state index is 12.5. The summed E-state index contributed by atoms with van der Waals surface area (Å²) in [5.41, 5.74) is -0.767. The molecule has 0 radical (unpaired) electrons. The number of rotatable bonds is 4. The Morgan fingerprint density at radius 2 is 2.13 bits per heavy atom. The Hall–Kier alpha value is -1.40. The molecule has 0 unspecified atom stereocenters. The van der Waals surface area contributed by atoms with E-state index in [0.717, 1.165) is 32.4 Å². The van der Waals surface area contributed by atoms with E-state index in [0.29, 0.717) is 19.6 Å². The lowest BCUT2D eigenvalue weighted by Crippen LogP contribution is -2.44. The van der Waals surface area contributed by atoms with Crippen molar-refractivity contribution in [2.45, 2.75) is 25.8 Å². The minimum atomic E-state index is -0.767. The third kappa shape index (κ3) is 2.48. The monoisotopic (exact) mass is 334 g/mol. The topological polar surface area (TPSA) is 60.9 Å². The van der Waals surface area contributed by atoms with E-state index in [1.54, 1.807) is 11.3 Å². The van der Waals surface area contributed by atoms with Crippen LogP contribution in [-0.2, 0) is 16.1 Å². The normalized spacial score (nSPS) is 31.1. The predicted molar refractivity (Wildman–Crippen MR) is 87.1 cm³/mol. The van der Waals surface area contributed by atoms with Crippen molar-refractivity contribution in [3.63, 3.8) is 0 Å². The van der Waals surface area contributed by atoms with Crippen molar-refractivity contribution in [3.8, 4) is 0 Å². The summed E-state index contributed by atoms with van der Waals surface area (Å²) in [7, 11) is 0. The fourth-order valence-electron chi connectivity index (χ4n) is 4.30. The standard InChI is InChI=1S/C17H22N2O3S/c20-15(12-3-1-4-12)19-8-13-7-18(9-14-5-2-6-23-14)10-17(13,11-19)16(21)22/h2,5-6,12-13H,1,3-4,7-11H2,(H,21,22)/t13-,17-/m0/s1. The zero-order valence-corrected chi connectivity index (χ0v) is 13.9. The van der Waals surface area contributed by atoms with Crippen LogP contribution in [0.2, 0.25) is 0 Å². The van der Waals surface area contributed by atoms with E-state index in [4.69, 9.17) is 0 Å². The van der Waals surface area contributed by atoms with Crippen LogP contribution in [0.4, 0.5) is 0 Å². The second-order valence-electron chi connectivity index (χ2n) is 7.25. The first kappa shape index (κ1) is 15.1. The zero-order valence-electron chi connectivity index (χ0n) is 13.1. The molecule has 1 saturated carbocycles. The van der Waals surface area contributed by atoms with Crippen LogP contribution < -0.4 is 0 Å². The molecule has 2 atom stereocenters. The maximum absolute atomic E-state index is 12.5. The van der Waals surface area contributed by atoms with E-state index >= 15 is 0 Å². The van der Waals surface area contributed by atoms with Gasteiger partial charge in [-0.25, -0.2) is 0 Å². The number of nitrogens with zero attached hydrogens (tertiary/aromatic N) is 2. The van der Waals surface area contributed by atoms with Crippen molar-refractivity contribution in [1.29, 1.82) is 0 Å². The number of hydrogen-bond acceptors (Lipinski definition) is 4. The molecule has 3 aliphatic rings. The van der Waals surface area contributed by atoms with Gasteiger partial charge in [-0.1, -0.05) is 12.5 Å². The van der Waals surface area contributed by atoms with Crippen molar-refractivity contribution < 1.29 is 14.7 Å². The number of carboxylic acid groups (broad SMARTS) is 1. The molecule has 2 aliphatic heterocycles. The summed E-state index contributed by atoms with van der Waals surface area (Å²) >= 11 is 1.71. The van der Waals surface area contributed by atoms with Crippen molar-refractivity contribution in [1.82, 2.24) is 9.80 Å². The Morgan fingerprint density at radius 1 is 1.30 bits per heavy atom. The van der Waals surface area contributed by atoms with Gasteiger partial charge in [0.15, 0.2) is 0 Å². The fourth-order valence-corrected chi connectivity index (χ4v) is 5.04. The molecule has 2 saturated heterocycles. The third-order valence-electron chi connectivity index (χ3n) is 5.83. The summed E-state index contributed by atoms with van der Waals surface area (Å²) in [6, 6.07) is 4.13. The average molecular weight is 334 g/mol. The molecule has 1 aliphatic carbocycles. The molecular weight excluding hydrogens is 312 g/mol. The maximum Gasteiger partial charge on any atom is 0.313 e. The van der Waals surface area contributed by atoms with Crippen LogP contribution in [0.5, 0.6) is 0 Å². The van der Waals surface area contributed by atoms with Gasteiger partial charge in [0.25, 0.3) is 0 Å². The highest BCUT2D eigenvalue weighted by atomic mass is 32.1. The smallest absolute Gasteiger partial charge is 0.313 e. The second-order valence-corrected chi connectivity index (χ2v) is 8.29. The van der Waals surface area contributed by atoms with Gasteiger partial charge in [0.2, 0.25) is 5.91 Å². The van der Waals surface area contributed by atoms with E-state index in [-0.39, 0.29) is 17.7 Å². The number of thiophene rings is 1. The Kier molecular flexibility index (Phi) is 3.69. The number of likely N-dealkylation sites (tertiary alicyclic amines) is 2.